The maximum atomic E-state index is 13.9. The van der Waals surface area contributed by atoms with Gasteiger partial charge in [-0.15, -0.1) is 0 Å². The summed E-state index contributed by atoms with van der Waals surface area (Å²) in [6.45, 7) is 1.22. The molecule has 1 saturated carbocycles. The third-order valence-corrected chi connectivity index (χ3v) is 6.37. The number of rotatable bonds is 4. The molecule has 2 N–H and O–H groups in total. The second-order valence-corrected chi connectivity index (χ2v) is 8.60. The summed E-state index contributed by atoms with van der Waals surface area (Å²) in [5, 5.41) is 13.5. The van der Waals surface area contributed by atoms with E-state index in [2.05, 4.69) is 15.1 Å². The van der Waals surface area contributed by atoms with Crippen LogP contribution >= 0.6 is 0 Å². The highest BCUT2D eigenvalue weighted by Gasteiger charge is 2.39. The zero-order chi connectivity index (χ0) is 24.0. The predicted octanol–water partition coefficient (Wildman–Crippen LogP) is 5.21. The number of aromatic nitrogens is 4. The summed E-state index contributed by atoms with van der Waals surface area (Å²) in [6.07, 6.45) is 0.216. The Morgan fingerprint density at radius 1 is 1.15 bits per heavy atom. The van der Waals surface area contributed by atoms with E-state index in [0.717, 1.165) is 36.6 Å². The lowest BCUT2D eigenvalue weighted by atomic mass is 9.87. The lowest BCUT2D eigenvalue weighted by Crippen LogP contribution is -2.20. The van der Waals surface area contributed by atoms with Gasteiger partial charge in [0.25, 0.3) is 5.56 Å². The largest absolute Gasteiger partial charge is 0.440 e. The highest BCUT2D eigenvalue weighted by atomic mass is 19.4. The zero-order valence-electron chi connectivity index (χ0n) is 18.4. The Morgan fingerprint density at radius 2 is 1.85 bits per heavy atom. The van der Waals surface area contributed by atoms with Gasteiger partial charge >= 0.3 is 6.18 Å². The number of benzene rings is 1. The molecule has 34 heavy (non-hydrogen) atoms. The molecule has 0 bridgehead atoms. The molecule has 10 heteroatoms. The van der Waals surface area contributed by atoms with Crippen LogP contribution in [0.25, 0.3) is 28.2 Å². The minimum atomic E-state index is -4.77. The maximum absolute atomic E-state index is 13.9. The highest BCUT2D eigenvalue weighted by Crippen LogP contribution is 2.39. The smallest absolute Gasteiger partial charge is 0.435 e. The van der Waals surface area contributed by atoms with Gasteiger partial charge in [0, 0.05) is 11.6 Å². The summed E-state index contributed by atoms with van der Waals surface area (Å²) >= 11 is 0. The molecule has 0 spiro atoms. The van der Waals surface area contributed by atoms with Crippen LogP contribution < -0.4 is 5.56 Å². The normalized spacial score (nSPS) is 15.3. The topological polar surface area (TPSA) is 96.4 Å². The quantitative estimate of drug-likeness (QED) is 0.425. The van der Waals surface area contributed by atoms with Crippen LogP contribution in [0.4, 0.5) is 13.2 Å². The molecule has 1 aliphatic carbocycles. The number of aliphatic hydroxyl groups excluding tert-OH is 1. The Morgan fingerprint density at radius 3 is 2.50 bits per heavy atom. The Kier molecular flexibility index (Phi) is 5.55. The van der Waals surface area contributed by atoms with Gasteiger partial charge in [0.1, 0.15) is 22.7 Å². The van der Waals surface area contributed by atoms with Crippen LogP contribution in [0.1, 0.15) is 60.9 Å². The van der Waals surface area contributed by atoms with E-state index in [1.807, 2.05) is 0 Å². The van der Waals surface area contributed by atoms with E-state index in [4.69, 9.17) is 4.42 Å². The van der Waals surface area contributed by atoms with Gasteiger partial charge in [-0.1, -0.05) is 49.6 Å². The van der Waals surface area contributed by atoms with E-state index < -0.39 is 17.4 Å². The van der Waals surface area contributed by atoms with Gasteiger partial charge in [-0.05, 0) is 25.3 Å². The molecule has 0 amide bonds. The van der Waals surface area contributed by atoms with Crippen molar-refractivity contribution in [1.82, 2.24) is 19.6 Å². The number of halogens is 3. The maximum Gasteiger partial charge on any atom is 0.435 e. The number of nitrogens with one attached hydrogen (secondary N) is 1. The van der Waals surface area contributed by atoms with Gasteiger partial charge in [0.2, 0.25) is 5.89 Å². The third-order valence-electron chi connectivity index (χ3n) is 6.37. The van der Waals surface area contributed by atoms with Crippen molar-refractivity contribution in [2.45, 2.75) is 57.7 Å². The van der Waals surface area contributed by atoms with Gasteiger partial charge in [0.05, 0.1) is 12.2 Å². The number of oxazole rings is 1. The van der Waals surface area contributed by atoms with Crippen molar-refractivity contribution in [2.75, 3.05) is 0 Å². The molecule has 1 fully saturated rings. The Bertz CT molecular complexity index is 1400. The summed E-state index contributed by atoms with van der Waals surface area (Å²) in [5.74, 6) is 0.597. The Balaban J connectivity index is 1.72. The third kappa shape index (κ3) is 3.71. The Labute approximate surface area is 192 Å². The monoisotopic (exact) mass is 472 g/mol. The van der Waals surface area contributed by atoms with Crippen molar-refractivity contribution in [3.8, 4) is 22.6 Å². The van der Waals surface area contributed by atoms with Crippen LogP contribution in [-0.4, -0.2) is 24.7 Å². The van der Waals surface area contributed by atoms with Crippen LogP contribution in [0.5, 0.6) is 0 Å². The molecular formula is C24H23F3N4O3. The van der Waals surface area contributed by atoms with Gasteiger partial charge < -0.3 is 14.5 Å². The molecule has 4 aromatic rings. The number of aliphatic hydroxyl groups is 1. The summed E-state index contributed by atoms with van der Waals surface area (Å²) in [4.78, 5) is 20.7. The number of alkyl halides is 3. The molecule has 0 saturated heterocycles. The first-order chi connectivity index (χ1) is 16.3. The minimum absolute atomic E-state index is 0.0138. The molecule has 0 atom stereocenters. The first kappa shape index (κ1) is 22.4. The summed E-state index contributed by atoms with van der Waals surface area (Å²) in [7, 11) is 0. The lowest BCUT2D eigenvalue weighted by molar-refractivity contribution is -0.140. The molecule has 178 valence electrons. The lowest BCUT2D eigenvalue weighted by Gasteiger charge is -2.19. The minimum Gasteiger partial charge on any atom is -0.440 e. The number of hydrogen-bond donors (Lipinski definition) is 2. The van der Waals surface area contributed by atoms with Crippen molar-refractivity contribution in [2.24, 2.45) is 0 Å². The summed E-state index contributed by atoms with van der Waals surface area (Å²) in [6, 6.07) is 8.00. The second kappa shape index (κ2) is 8.43. The Hall–Kier alpha value is -3.40. The zero-order valence-corrected chi connectivity index (χ0v) is 18.4. The van der Waals surface area contributed by atoms with E-state index >= 15 is 0 Å². The molecule has 3 heterocycles. The molecule has 0 radical (unpaired) electrons. The van der Waals surface area contributed by atoms with E-state index in [9.17, 15) is 23.1 Å². The van der Waals surface area contributed by atoms with Gasteiger partial charge in [-0.3, -0.25) is 4.79 Å². The number of nitrogens with zero attached hydrogens (tertiary/aromatic N) is 3. The average molecular weight is 472 g/mol. The van der Waals surface area contributed by atoms with Gasteiger partial charge in [0.15, 0.2) is 5.69 Å². The van der Waals surface area contributed by atoms with Gasteiger partial charge in [-0.25, -0.2) is 4.98 Å². The molecule has 3 aromatic heterocycles. The van der Waals surface area contributed by atoms with Crippen molar-refractivity contribution >= 4 is 5.65 Å². The van der Waals surface area contributed by atoms with E-state index in [1.165, 1.54) is 12.1 Å². The fourth-order valence-electron chi connectivity index (χ4n) is 4.78. The summed E-state index contributed by atoms with van der Waals surface area (Å²) in [5.41, 5.74) is -1.29. The fourth-order valence-corrected chi connectivity index (χ4v) is 4.78. The van der Waals surface area contributed by atoms with Crippen LogP contribution in [0.2, 0.25) is 0 Å². The van der Waals surface area contributed by atoms with Crippen LogP contribution in [0.15, 0.2) is 39.5 Å². The molecule has 7 nitrogen and oxygen atoms in total. The van der Waals surface area contributed by atoms with E-state index in [-0.39, 0.29) is 40.8 Å². The predicted molar refractivity (Wildman–Crippen MR) is 118 cm³/mol. The molecular weight excluding hydrogens is 449 g/mol. The molecule has 0 unspecified atom stereocenters. The first-order valence-corrected chi connectivity index (χ1v) is 11.2. The summed E-state index contributed by atoms with van der Waals surface area (Å²) < 4.78 is 48.4. The highest BCUT2D eigenvalue weighted by molar-refractivity contribution is 5.81. The molecule has 1 aromatic carbocycles. The van der Waals surface area contributed by atoms with Crippen LogP contribution in [-0.2, 0) is 12.8 Å². The SMILES string of the molecule is Cc1[nH]c2c(-c3ccccc3)c(C(F)(F)F)nn2c(=O)c1-c1nc(CO)c(C2CCCCC2)o1. The number of aryl methyl sites for hydroxylation is 1. The van der Waals surface area contributed by atoms with Crippen molar-refractivity contribution in [3.05, 3.63) is 63.5 Å². The molecule has 1 aliphatic rings. The second-order valence-electron chi connectivity index (χ2n) is 8.60. The number of hydrogen-bond acceptors (Lipinski definition) is 5. The van der Waals surface area contributed by atoms with Crippen molar-refractivity contribution in [3.63, 3.8) is 0 Å². The van der Waals surface area contributed by atoms with Crippen molar-refractivity contribution < 1.29 is 22.7 Å². The van der Waals surface area contributed by atoms with Crippen LogP contribution in [0.3, 0.4) is 0 Å². The van der Waals surface area contributed by atoms with Crippen molar-refractivity contribution in [1.29, 1.82) is 0 Å². The first-order valence-electron chi connectivity index (χ1n) is 11.2. The van der Waals surface area contributed by atoms with E-state index in [1.54, 1.807) is 25.1 Å². The van der Waals surface area contributed by atoms with Crippen LogP contribution in [0, 0.1) is 6.92 Å². The fraction of sp³-hybridized carbons (Fsp3) is 0.375. The number of H-pyrrole nitrogens is 1. The number of aromatic amines is 1. The molecule has 0 aliphatic heterocycles. The average Bonchev–Trinajstić information content (AvgIpc) is 3.42. The van der Waals surface area contributed by atoms with Gasteiger partial charge in [-0.2, -0.15) is 22.8 Å². The number of fused-ring (bicyclic) bond motifs is 1. The van der Waals surface area contributed by atoms with E-state index in [0.29, 0.717) is 17.1 Å². The molecule has 5 rings (SSSR count). The standard InChI is InChI=1S/C24H23F3N4O3/c1-13-17(22-29-16(12-32)19(34-22)15-10-6-3-7-11-15)23(33)31-21(28-13)18(14-8-4-2-5-9-14)20(30-31)24(25,26)27/h2,4-5,8-9,15,28,32H,3,6-7,10-12H2,1H3.